The summed E-state index contributed by atoms with van der Waals surface area (Å²) in [7, 11) is 0. The molecule has 0 saturated carbocycles. The second-order valence-corrected chi connectivity index (χ2v) is 4.96. The minimum absolute atomic E-state index is 0.112. The van der Waals surface area contributed by atoms with Crippen molar-refractivity contribution >= 4 is 29.3 Å². The summed E-state index contributed by atoms with van der Waals surface area (Å²) in [4.78, 5) is 11.7. The van der Waals surface area contributed by atoms with Crippen molar-refractivity contribution in [2.24, 2.45) is 0 Å². The van der Waals surface area contributed by atoms with Crippen molar-refractivity contribution in [1.29, 1.82) is 0 Å². The molecule has 0 radical (unpaired) electrons. The van der Waals surface area contributed by atoms with E-state index in [1.54, 1.807) is 19.9 Å². The summed E-state index contributed by atoms with van der Waals surface area (Å²) in [6.45, 7) is 3.48. The molecule has 0 fully saturated rings. The first kappa shape index (κ1) is 13.4. The Balaban J connectivity index is 2.98. The van der Waals surface area contributed by atoms with Crippen molar-refractivity contribution in [3.8, 4) is 0 Å². The summed E-state index contributed by atoms with van der Waals surface area (Å²) in [5, 5.41) is 18.3. The number of carboxylic acids is 1. The zero-order valence-electron chi connectivity index (χ0n) is 9.03. The van der Waals surface area contributed by atoms with E-state index < -0.39 is 12.1 Å². The van der Waals surface area contributed by atoms with Crippen molar-refractivity contribution in [3.05, 3.63) is 28.3 Å². The second-order valence-electron chi connectivity index (χ2n) is 3.52. The monoisotopic (exact) mass is 260 g/mol. The van der Waals surface area contributed by atoms with Gasteiger partial charge in [-0.3, -0.25) is 0 Å². The van der Waals surface area contributed by atoms with Gasteiger partial charge < -0.3 is 10.2 Å². The number of hydrogen-bond donors (Lipinski definition) is 2. The minimum atomic E-state index is -1.03. The van der Waals surface area contributed by atoms with E-state index in [0.717, 1.165) is 10.5 Å². The highest BCUT2D eigenvalue weighted by Gasteiger charge is 2.13. The van der Waals surface area contributed by atoms with E-state index in [4.69, 9.17) is 21.8 Å². The molecule has 1 rings (SSSR count). The number of hydrogen-bond acceptors (Lipinski definition) is 3. The van der Waals surface area contributed by atoms with E-state index in [2.05, 4.69) is 0 Å². The third-order valence-electron chi connectivity index (χ3n) is 2.05. The lowest BCUT2D eigenvalue weighted by atomic mass is 10.1. The number of aromatic carboxylic acids is 1. The fourth-order valence-electron chi connectivity index (χ4n) is 1.20. The van der Waals surface area contributed by atoms with Crippen molar-refractivity contribution in [2.75, 3.05) is 5.75 Å². The zero-order valence-corrected chi connectivity index (χ0v) is 10.6. The summed E-state index contributed by atoms with van der Waals surface area (Å²) < 4.78 is 0. The van der Waals surface area contributed by atoms with Crippen molar-refractivity contribution in [1.82, 2.24) is 0 Å². The molecule has 0 aliphatic carbocycles. The Labute approximate surface area is 103 Å². The molecule has 1 aromatic rings. The van der Waals surface area contributed by atoms with Gasteiger partial charge in [0.2, 0.25) is 0 Å². The van der Waals surface area contributed by atoms with Crippen molar-refractivity contribution in [3.63, 3.8) is 0 Å². The van der Waals surface area contributed by atoms with Crippen LogP contribution in [0.3, 0.4) is 0 Å². The van der Waals surface area contributed by atoms with Crippen LogP contribution in [0.2, 0.25) is 5.02 Å². The molecule has 1 atom stereocenters. The fourth-order valence-corrected chi connectivity index (χ4v) is 2.40. The maximum Gasteiger partial charge on any atom is 0.337 e. The number of carboxylic acid groups (broad SMARTS) is 1. The molecule has 16 heavy (non-hydrogen) atoms. The molecule has 0 spiro atoms. The van der Waals surface area contributed by atoms with Gasteiger partial charge in [-0.25, -0.2) is 4.79 Å². The van der Waals surface area contributed by atoms with Gasteiger partial charge in [-0.2, -0.15) is 0 Å². The largest absolute Gasteiger partial charge is 0.478 e. The highest BCUT2D eigenvalue weighted by Crippen LogP contribution is 2.30. The minimum Gasteiger partial charge on any atom is -0.478 e. The van der Waals surface area contributed by atoms with E-state index in [1.165, 1.54) is 17.8 Å². The smallest absolute Gasteiger partial charge is 0.337 e. The maximum absolute atomic E-state index is 10.8. The highest BCUT2D eigenvalue weighted by atomic mass is 35.5. The Kier molecular flexibility index (Phi) is 4.65. The first-order valence-corrected chi connectivity index (χ1v) is 6.13. The van der Waals surface area contributed by atoms with Crippen LogP contribution in [0.4, 0.5) is 0 Å². The average Bonchev–Trinajstić information content (AvgIpc) is 2.19. The van der Waals surface area contributed by atoms with Crippen LogP contribution in [-0.2, 0) is 0 Å². The van der Waals surface area contributed by atoms with Crippen LogP contribution in [-0.4, -0.2) is 28.0 Å². The normalized spacial score (nSPS) is 12.5. The molecular formula is C11H13ClO3S. The Morgan fingerprint density at radius 2 is 2.19 bits per heavy atom. The van der Waals surface area contributed by atoms with Gasteiger partial charge in [-0.05, 0) is 31.5 Å². The van der Waals surface area contributed by atoms with Crippen molar-refractivity contribution < 1.29 is 15.0 Å². The lowest BCUT2D eigenvalue weighted by molar-refractivity contribution is 0.0697. The maximum atomic E-state index is 10.8. The molecule has 3 nitrogen and oxygen atoms in total. The Bertz CT molecular complexity index is 404. The van der Waals surface area contributed by atoms with Gasteiger partial charge in [-0.1, -0.05) is 11.6 Å². The molecule has 1 aromatic carbocycles. The third-order valence-corrected chi connectivity index (χ3v) is 3.94. The molecule has 2 N–H and O–H groups in total. The summed E-state index contributed by atoms with van der Waals surface area (Å²) in [6.07, 6.45) is -0.401. The van der Waals surface area contributed by atoms with Crippen LogP contribution in [0, 0.1) is 6.92 Å². The Morgan fingerprint density at radius 3 is 2.69 bits per heavy atom. The third kappa shape index (κ3) is 3.14. The molecule has 0 aliphatic heterocycles. The predicted molar refractivity (Wildman–Crippen MR) is 65.6 cm³/mol. The first-order valence-electron chi connectivity index (χ1n) is 4.76. The lowest BCUT2D eigenvalue weighted by Crippen LogP contribution is -2.04. The molecule has 0 saturated heterocycles. The summed E-state index contributed by atoms with van der Waals surface area (Å²) in [6, 6.07) is 3.21. The van der Waals surface area contributed by atoms with Crippen LogP contribution >= 0.6 is 23.4 Å². The number of benzene rings is 1. The van der Waals surface area contributed by atoms with Gasteiger partial charge in [-0.15, -0.1) is 11.8 Å². The van der Waals surface area contributed by atoms with Gasteiger partial charge in [0.05, 0.1) is 16.7 Å². The van der Waals surface area contributed by atoms with E-state index >= 15 is 0 Å². The zero-order chi connectivity index (χ0) is 12.3. The van der Waals surface area contributed by atoms with Crippen LogP contribution in [0.5, 0.6) is 0 Å². The van der Waals surface area contributed by atoms with Gasteiger partial charge in [0.25, 0.3) is 0 Å². The SMILES string of the molecule is Cc1c(SC[C@H](C)O)ccc(C(=O)O)c1Cl. The predicted octanol–water partition coefficient (Wildman–Crippen LogP) is 2.82. The Morgan fingerprint density at radius 1 is 1.56 bits per heavy atom. The molecule has 88 valence electrons. The fraction of sp³-hybridized carbons (Fsp3) is 0.364. The standard InChI is InChI=1S/C11H13ClO3S/c1-6(13)5-16-9-4-3-8(11(14)15)10(12)7(9)2/h3-4,6,13H,5H2,1-2H3,(H,14,15)/t6-/m0/s1. The summed E-state index contributed by atoms with van der Waals surface area (Å²) in [5.41, 5.74) is 0.854. The molecule has 5 heteroatoms. The van der Waals surface area contributed by atoms with Crippen LogP contribution in [0.25, 0.3) is 0 Å². The molecule has 0 bridgehead atoms. The summed E-state index contributed by atoms with van der Waals surface area (Å²) >= 11 is 7.41. The number of rotatable bonds is 4. The number of aliphatic hydroxyl groups is 1. The lowest BCUT2D eigenvalue weighted by Gasteiger charge is -2.10. The van der Waals surface area contributed by atoms with E-state index in [-0.39, 0.29) is 10.6 Å². The van der Waals surface area contributed by atoms with E-state index in [1.807, 2.05) is 0 Å². The van der Waals surface area contributed by atoms with Crippen LogP contribution in [0.1, 0.15) is 22.8 Å². The van der Waals surface area contributed by atoms with Gasteiger partial charge in [0.15, 0.2) is 0 Å². The number of halogens is 1. The topological polar surface area (TPSA) is 57.5 Å². The van der Waals surface area contributed by atoms with E-state index in [0.29, 0.717) is 5.75 Å². The number of carbonyl (C=O) groups is 1. The first-order chi connectivity index (χ1) is 7.43. The molecule has 0 amide bonds. The quantitative estimate of drug-likeness (QED) is 0.818. The highest BCUT2D eigenvalue weighted by molar-refractivity contribution is 7.99. The molecular weight excluding hydrogens is 248 g/mol. The van der Waals surface area contributed by atoms with Gasteiger partial charge >= 0.3 is 5.97 Å². The molecule has 0 unspecified atom stereocenters. The van der Waals surface area contributed by atoms with E-state index in [9.17, 15) is 4.79 Å². The van der Waals surface area contributed by atoms with Crippen molar-refractivity contribution in [2.45, 2.75) is 24.8 Å². The van der Waals surface area contributed by atoms with Gasteiger partial charge in [0.1, 0.15) is 0 Å². The summed E-state index contributed by atoms with van der Waals surface area (Å²) in [5.74, 6) is -0.469. The number of thioether (sulfide) groups is 1. The molecule has 0 aliphatic rings. The Hall–Kier alpha value is -0.710. The van der Waals surface area contributed by atoms with Gasteiger partial charge in [0, 0.05) is 10.6 Å². The molecule has 0 heterocycles. The second kappa shape index (κ2) is 5.57. The van der Waals surface area contributed by atoms with Crippen LogP contribution < -0.4 is 0 Å². The average molecular weight is 261 g/mol. The molecule has 0 aromatic heterocycles. The van der Waals surface area contributed by atoms with Crippen LogP contribution in [0.15, 0.2) is 17.0 Å². The number of aliphatic hydroxyl groups excluding tert-OH is 1.